The minimum Gasteiger partial charge on any atom is -0.449 e. The lowest BCUT2D eigenvalue weighted by Crippen LogP contribution is -2.44. The summed E-state index contributed by atoms with van der Waals surface area (Å²) in [6.45, 7) is 1.90. The molecule has 0 spiro atoms. The van der Waals surface area contributed by atoms with E-state index in [1.807, 2.05) is 5.43 Å². The lowest BCUT2D eigenvalue weighted by molar-refractivity contribution is 0.148. The number of hydrogen-bond acceptors (Lipinski definition) is 5. The van der Waals surface area contributed by atoms with Gasteiger partial charge in [-0.2, -0.15) is 0 Å². The predicted octanol–water partition coefficient (Wildman–Crippen LogP) is 0.926. The second-order valence-electron chi connectivity index (χ2n) is 2.26. The largest absolute Gasteiger partial charge is 0.449 e. The van der Waals surface area contributed by atoms with Crippen LogP contribution in [0.2, 0.25) is 0 Å². The molecule has 3 N–H and O–H groups in total. The van der Waals surface area contributed by atoms with E-state index in [1.165, 1.54) is 11.3 Å². The van der Waals surface area contributed by atoms with Gasteiger partial charge in [-0.15, -0.1) is 11.3 Å². The quantitative estimate of drug-likeness (QED) is 0.659. The summed E-state index contributed by atoms with van der Waals surface area (Å²) in [6, 6.07) is -0.585. The van der Waals surface area contributed by atoms with Gasteiger partial charge in [0.1, 0.15) is 0 Å². The molecule has 0 aliphatic carbocycles. The van der Waals surface area contributed by atoms with Gasteiger partial charge in [-0.1, -0.05) is 0 Å². The van der Waals surface area contributed by atoms with Gasteiger partial charge in [0.15, 0.2) is 5.13 Å². The van der Waals surface area contributed by atoms with E-state index in [-0.39, 0.29) is 6.61 Å². The number of nitrogens with one attached hydrogen (secondary N) is 3. The SMILES string of the molecule is CCOC(=O)NNC(=O)Nc1nccs1. The standard InChI is InChI=1S/C7H10N4O3S/c1-2-14-7(13)11-10-5(12)9-6-8-3-4-15-6/h3-4H,2H2,1H3,(H,11,13)(H2,8,9,10,12). The lowest BCUT2D eigenvalue weighted by atomic mass is 10.9. The maximum absolute atomic E-state index is 11.1. The monoisotopic (exact) mass is 230 g/mol. The molecule has 0 fully saturated rings. The number of urea groups is 1. The highest BCUT2D eigenvalue weighted by atomic mass is 32.1. The summed E-state index contributed by atoms with van der Waals surface area (Å²) in [7, 11) is 0. The molecule has 1 heterocycles. The zero-order valence-electron chi connectivity index (χ0n) is 7.94. The Balaban J connectivity index is 2.22. The van der Waals surface area contributed by atoms with Crippen LogP contribution >= 0.6 is 11.3 Å². The second kappa shape index (κ2) is 5.81. The fourth-order valence-corrected chi connectivity index (χ4v) is 1.21. The average molecular weight is 230 g/mol. The molecule has 0 bridgehead atoms. The van der Waals surface area contributed by atoms with Crippen molar-refractivity contribution in [2.75, 3.05) is 11.9 Å². The number of carbonyl (C=O) groups excluding carboxylic acids is 2. The highest BCUT2D eigenvalue weighted by Gasteiger charge is 2.05. The van der Waals surface area contributed by atoms with Crippen LogP contribution in [0.5, 0.6) is 0 Å². The number of thiazole rings is 1. The van der Waals surface area contributed by atoms with Crippen molar-refractivity contribution in [3.8, 4) is 0 Å². The van der Waals surface area contributed by atoms with E-state index >= 15 is 0 Å². The van der Waals surface area contributed by atoms with Crippen molar-refractivity contribution in [2.45, 2.75) is 6.92 Å². The Morgan fingerprint density at radius 2 is 2.33 bits per heavy atom. The summed E-state index contributed by atoms with van der Waals surface area (Å²) in [4.78, 5) is 25.7. The van der Waals surface area contributed by atoms with E-state index in [1.54, 1.807) is 18.5 Å². The summed E-state index contributed by atoms with van der Waals surface area (Å²) in [5, 5.41) is 4.57. The first kappa shape index (κ1) is 11.2. The average Bonchev–Trinajstić information content (AvgIpc) is 2.68. The van der Waals surface area contributed by atoms with E-state index in [0.717, 1.165) is 0 Å². The third kappa shape index (κ3) is 4.27. The highest BCUT2D eigenvalue weighted by molar-refractivity contribution is 7.13. The van der Waals surface area contributed by atoms with Crippen LogP contribution in [0.3, 0.4) is 0 Å². The third-order valence-corrected chi connectivity index (χ3v) is 1.89. The number of carbonyl (C=O) groups is 2. The molecular weight excluding hydrogens is 220 g/mol. The maximum atomic E-state index is 11.1. The first-order valence-electron chi connectivity index (χ1n) is 4.11. The Morgan fingerprint density at radius 1 is 1.53 bits per heavy atom. The second-order valence-corrected chi connectivity index (χ2v) is 3.16. The number of rotatable bonds is 2. The molecule has 1 aromatic rings. The first-order valence-corrected chi connectivity index (χ1v) is 4.99. The molecule has 0 unspecified atom stereocenters. The van der Waals surface area contributed by atoms with Gasteiger partial charge in [-0.05, 0) is 6.92 Å². The molecule has 8 heteroatoms. The fourth-order valence-electron chi connectivity index (χ4n) is 0.689. The summed E-state index contributed by atoms with van der Waals surface area (Å²) >= 11 is 1.27. The van der Waals surface area contributed by atoms with Gasteiger partial charge in [0.05, 0.1) is 6.61 Å². The number of aromatic nitrogens is 1. The molecule has 0 saturated heterocycles. The van der Waals surface area contributed by atoms with E-state index in [4.69, 9.17) is 0 Å². The lowest BCUT2D eigenvalue weighted by Gasteiger charge is -2.06. The zero-order valence-corrected chi connectivity index (χ0v) is 8.76. The topological polar surface area (TPSA) is 92.4 Å². The van der Waals surface area contributed by atoms with Crippen molar-refractivity contribution >= 4 is 28.6 Å². The molecule has 0 radical (unpaired) electrons. The maximum Gasteiger partial charge on any atom is 0.426 e. The smallest absolute Gasteiger partial charge is 0.426 e. The molecule has 0 atom stereocenters. The Bertz CT molecular complexity index is 327. The molecule has 0 aliphatic rings. The summed E-state index contributed by atoms with van der Waals surface area (Å²) in [5.74, 6) is 0. The van der Waals surface area contributed by atoms with Crippen LogP contribution in [-0.2, 0) is 4.74 Å². The third-order valence-electron chi connectivity index (χ3n) is 1.21. The number of hydrogen-bond donors (Lipinski definition) is 3. The van der Waals surface area contributed by atoms with Crippen molar-refractivity contribution in [3.05, 3.63) is 11.6 Å². The molecule has 0 aromatic carbocycles. The van der Waals surface area contributed by atoms with Crippen molar-refractivity contribution in [1.29, 1.82) is 0 Å². The van der Waals surface area contributed by atoms with Crippen LogP contribution in [-0.4, -0.2) is 23.7 Å². The summed E-state index contributed by atoms with van der Waals surface area (Å²) < 4.78 is 4.52. The number of hydrazine groups is 1. The van der Waals surface area contributed by atoms with Crippen LogP contribution in [0.1, 0.15) is 6.92 Å². The molecular formula is C7H10N4O3S. The Kier molecular flexibility index (Phi) is 4.35. The van der Waals surface area contributed by atoms with Gasteiger partial charge in [0, 0.05) is 11.6 Å². The molecule has 15 heavy (non-hydrogen) atoms. The van der Waals surface area contributed by atoms with Crippen LogP contribution in [0, 0.1) is 0 Å². The van der Waals surface area contributed by atoms with Gasteiger partial charge in [-0.25, -0.2) is 25.4 Å². The fraction of sp³-hybridized carbons (Fsp3) is 0.286. The van der Waals surface area contributed by atoms with Gasteiger partial charge < -0.3 is 4.74 Å². The van der Waals surface area contributed by atoms with Crippen LogP contribution in [0.25, 0.3) is 0 Å². The van der Waals surface area contributed by atoms with Gasteiger partial charge in [-0.3, -0.25) is 5.32 Å². The van der Waals surface area contributed by atoms with E-state index < -0.39 is 12.1 Å². The first-order chi connectivity index (χ1) is 7.22. The Morgan fingerprint density at radius 3 is 2.93 bits per heavy atom. The Hall–Kier alpha value is -1.83. The van der Waals surface area contributed by atoms with Crippen LogP contribution in [0.4, 0.5) is 14.7 Å². The van der Waals surface area contributed by atoms with Crippen molar-refractivity contribution in [2.24, 2.45) is 0 Å². The molecule has 0 aliphatic heterocycles. The minimum absolute atomic E-state index is 0.238. The van der Waals surface area contributed by atoms with Crippen molar-refractivity contribution in [3.63, 3.8) is 0 Å². The molecule has 3 amide bonds. The molecule has 82 valence electrons. The number of nitrogens with zero attached hydrogens (tertiary/aromatic N) is 1. The van der Waals surface area contributed by atoms with Crippen LogP contribution < -0.4 is 16.2 Å². The molecule has 0 saturated carbocycles. The van der Waals surface area contributed by atoms with Gasteiger partial charge in [0.25, 0.3) is 0 Å². The normalized spacial score (nSPS) is 9.13. The van der Waals surface area contributed by atoms with Gasteiger partial charge >= 0.3 is 12.1 Å². The van der Waals surface area contributed by atoms with Crippen molar-refractivity contribution < 1.29 is 14.3 Å². The highest BCUT2D eigenvalue weighted by Crippen LogP contribution is 2.09. The summed E-state index contributed by atoms with van der Waals surface area (Å²) in [5.41, 5.74) is 4.15. The molecule has 1 rings (SSSR count). The van der Waals surface area contributed by atoms with E-state index in [2.05, 4.69) is 20.5 Å². The summed E-state index contributed by atoms with van der Waals surface area (Å²) in [6.07, 6.45) is 0.839. The predicted molar refractivity (Wildman–Crippen MR) is 54.4 cm³/mol. The Labute approximate surface area is 89.8 Å². The molecule has 1 aromatic heterocycles. The minimum atomic E-state index is -0.716. The van der Waals surface area contributed by atoms with Gasteiger partial charge in [0.2, 0.25) is 0 Å². The van der Waals surface area contributed by atoms with Crippen molar-refractivity contribution in [1.82, 2.24) is 15.8 Å². The zero-order chi connectivity index (χ0) is 11.1. The molecule has 7 nitrogen and oxygen atoms in total. The van der Waals surface area contributed by atoms with E-state index in [0.29, 0.717) is 5.13 Å². The van der Waals surface area contributed by atoms with E-state index in [9.17, 15) is 9.59 Å². The van der Waals surface area contributed by atoms with Crippen LogP contribution in [0.15, 0.2) is 11.6 Å². The number of amides is 3. The number of ether oxygens (including phenoxy) is 1. The number of anilines is 1.